The Morgan fingerprint density at radius 1 is 0.875 bits per heavy atom. The molecule has 1 N–H and O–H groups in total. The fourth-order valence-corrected chi connectivity index (χ4v) is 2.39. The van der Waals surface area contributed by atoms with E-state index in [2.05, 4.69) is 17.1 Å². The predicted octanol–water partition coefficient (Wildman–Crippen LogP) is 3.38. The molecule has 0 aromatic rings. The van der Waals surface area contributed by atoms with Crippen molar-refractivity contribution in [1.82, 2.24) is 10.2 Å². The maximum absolute atomic E-state index is 3.56. The van der Waals surface area contributed by atoms with Crippen LogP contribution in [-0.4, -0.2) is 31.2 Å². The number of hydrogen-bond donors (Lipinski definition) is 1. The van der Waals surface area contributed by atoms with E-state index in [0.717, 1.165) is 6.67 Å². The number of hydrogen-bond acceptors (Lipinski definition) is 2. The van der Waals surface area contributed by atoms with Gasteiger partial charge in [0, 0.05) is 6.67 Å². The van der Waals surface area contributed by atoms with E-state index >= 15 is 0 Å². The van der Waals surface area contributed by atoms with Crippen LogP contribution in [-0.2, 0) is 0 Å². The van der Waals surface area contributed by atoms with E-state index < -0.39 is 0 Å². The van der Waals surface area contributed by atoms with E-state index in [0.29, 0.717) is 0 Å². The third-order valence-corrected chi connectivity index (χ3v) is 3.49. The van der Waals surface area contributed by atoms with Crippen LogP contribution in [0.3, 0.4) is 0 Å². The van der Waals surface area contributed by atoms with Crippen LogP contribution in [0.25, 0.3) is 0 Å². The van der Waals surface area contributed by atoms with Gasteiger partial charge >= 0.3 is 0 Å². The lowest BCUT2D eigenvalue weighted by atomic mass is 10.1. The van der Waals surface area contributed by atoms with Crippen LogP contribution in [0.2, 0.25) is 0 Å². The van der Waals surface area contributed by atoms with Crippen molar-refractivity contribution in [2.75, 3.05) is 26.3 Å². The second-order valence-corrected chi connectivity index (χ2v) is 5.10. The van der Waals surface area contributed by atoms with Gasteiger partial charge in [-0.1, -0.05) is 45.4 Å². The topological polar surface area (TPSA) is 15.3 Å². The van der Waals surface area contributed by atoms with Crippen molar-refractivity contribution in [3.8, 4) is 0 Å². The van der Waals surface area contributed by atoms with E-state index in [1.807, 2.05) is 0 Å². The molecule has 0 bridgehead atoms. The summed E-state index contributed by atoms with van der Waals surface area (Å²) < 4.78 is 0. The number of nitrogens with zero attached hydrogens (tertiary/aromatic N) is 1. The second-order valence-electron chi connectivity index (χ2n) is 5.10. The van der Waals surface area contributed by atoms with Crippen molar-refractivity contribution in [3.05, 3.63) is 0 Å². The van der Waals surface area contributed by atoms with E-state index in [4.69, 9.17) is 0 Å². The van der Waals surface area contributed by atoms with Gasteiger partial charge in [0.15, 0.2) is 0 Å². The number of unbranched alkanes of at least 4 members (excludes halogenated alkanes) is 6. The van der Waals surface area contributed by atoms with Crippen LogP contribution in [0.15, 0.2) is 0 Å². The summed E-state index contributed by atoms with van der Waals surface area (Å²) in [6.07, 6.45) is 12.7. The zero-order valence-corrected chi connectivity index (χ0v) is 11.1. The molecule has 0 radical (unpaired) electrons. The van der Waals surface area contributed by atoms with Crippen molar-refractivity contribution >= 4 is 0 Å². The van der Waals surface area contributed by atoms with Crippen LogP contribution >= 0.6 is 0 Å². The van der Waals surface area contributed by atoms with Gasteiger partial charge < -0.3 is 5.32 Å². The second kappa shape index (κ2) is 10.1. The zero-order chi connectivity index (χ0) is 11.5. The van der Waals surface area contributed by atoms with Gasteiger partial charge in [0.2, 0.25) is 0 Å². The average Bonchev–Trinajstić information content (AvgIpc) is 2.80. The summed E-state index contributed by atoms with van der Waals surface area (Å²) in [4.78, 5) is 2.53. The third-order valence-electron chi connectivity index (χ3n) is 3.49. The molecule has 0 aromatic heterocycles. The van der Waals surface area contributed by atoms with Gasteiger partial charge in [-0.25, -0.2) is 0 Å². The third kappa shape index (κ3) is 7.24. The first-order valence-corrected chi connectivity index (χ1v) is 7.36. The number of likely N-dealkylation sites (tertiary alicyclic amines) is 1. The molecule has 1 saturated heterocycles. The minimum absolute atomic E-state index is 1.12. The lowest BCUT2D eigenvalue weighted by molar-refractivity contribution is 0.308. The molecular weight excluding hydrogens is 196 g/mol. The first-order valence-electron chi connectivity index (χ1n) is 7.36. The smallest absolute Gasteiger partial charge is 0.0480 e. The highest BCUT2D eigenvalue weighted by molar-refractivity contribution is 4.64. The lowest BCUT2D eigenvalue weighted by Crippen LogP contribution is -2.32. The Kier molecular flexibility index (Phi) is 8.83. The first kappa shape index (κ1) is 14.0. The molecule has 1 heterocycles. The van der Waals surface area contributed by atoms with Crippen molar-refractivity contribution < 1.29 is 0 Å². The molecule has 2 heteroatoms. The van der Waals surface area contributed by atoms with Crippen molar-refractivity contribution in [3.63, 3.8) is 0 Å². The Labute approximate surface area is 102 Å². The molecule has 2 nitrogen and oxygen atoms in total. The highest BCUT2D eigenvalue weighted by Crippen LogP contribution is 2.07. The standard InChI is InChI=1S/C14H30N2/c1-2-3-4-5-6-7-8-11-15-14-16-12-9-10-13-16/h15H,2-14H2,1H3. The maximum Gasteiger partial charge on any atom is 0.0480 e. The van der Waals surface area contributed by atoms with Gasteiger partial charge in [0.05, 0.1) is 0 Å². The molecule has 0 atom stereocenters. The fourth-order valence-electron chi connectivity index (χ4n) is 2.39. The Morgan fingerprint density at radius 3 is 2.19 bits per heavy atom. The molecule has 0 aromatic carbocycles. The molecule has 16 heavy (non-hydrogen) atoms. The summed E-state index contributed by atoms with van der Waals surface area (Å²) in [6, 6.07) is 0. The molecule has 1 rings (SSSR count). The van der Waals surface area contributed by atoms with Crippen molar-refractivity contribution in [2.24, 2.45) is 0 Å². The summed E-state index contributed by atoms with van der Waals surface area (Å²) in [7, 11) is 0. The minimum atomic E-state index is 1.12. The molecule has 0 unspecified atom stereocenters. The average molecular weight is 226 g/mol. The van der Waals surface area contributed by atoms with Gasteiger partial charge in [-0.05, 0) is 38.9 Å². The lowest BCUT2D eigenvalue weighted by Gasteiger charge is -2.15. The summed E-state index contributed by atoms with van der Waals surface area (Å²) in [5, 5.41) is 3.56. The highest BCUT2D eigenvalue weighted by atomic mass is 15.2. The highest BCUT2D eigenvalue weighted by Gasteiger charge is 2.09. The molecule has 0 amide bonds. The molecule has 1 aliphatic heterocycles. The van der Waals surface area contributed by atoms with Gasteiger partial charge in [0.25, 0.3) is 0 Å². The van der Waals surface area contributed by atoms with Crippen LogP contribution in [0, 0.1) is 0 Å². The monoisotopic (exact) mass is 226 g/mol. The van der Waals surface area contributed by atoms with E-state index in [-0.39, 0.29) is 0 Å². The quantitative estimate of drug-likeness (QED) is 0.575. The summed E-state index contributed by atoms with van der Waals surface area (Å²) in [5.74, 6) is 0. The Morgan fingerprint density at radius 2 is 1.50 bits per heavy atom. The van der Waals surface area contributed by atoms with Gasteiger partial charge in [-0.15, -0.1) is 0 Å². The van der Waals surface area contributed by atoms with Crippen LogP contribution < -0.4 is 5.32 Å². The van der Waals surface area contributed by atoms with Crippen LogP contribution in [0.5, 0.6) is 0 Å². The molecule has 0 spiro atoms. The SMILES string of the molecule is CCCCCCCCCNCN1CCCC1. The fraction of sp³-hybridized carbons (Fsp3) is 1.00. The van der Waals surface area contributed by atoms with E-state index in [9.17, 15) is 0 Å². The molecule has 0 aliphatic carbocycles. The normalized spacial score (nSPS) is 17.1. The predicted molar refractivity (Wildman–Crippen MR) is 71.7 cm³/mol. The molecular formula is C14H30N2. The molecule has 1 aliphatic rings. The van der Waals surface area contributed by atoms with Crippen LogP contribution in [0.4, 0.5) is 0 Å². The Bertz CT molecular complexity index is 142. The van der Waals surface area contributed by atoms with Gasteiger partial charge in [-0.3, -0.25) is 4.90 Å². The number of rotatable bonds is 10. The summed E-state index contributed by atoms with van der Waals surface area (Å²) in [5.41, 5.74) is 0. The molecule has 1 fully saturated rings. The van der Waals surface area contributed by atoms with Crippen molar-refractivity contribution in [2.45, 2.75) is 64.7 Å². The Balaban J connectivity index is 1.71. The van der Waals surface area contributed by atoms with E-state index in [1.54, 1.807) is 0 Å². The molecule has 0 saturated carbocycles. The minimum Gasteiger partial charge on any atom is -0.304 e. The van der Waals surface area contributed by atoms with Crippen LogP contribution in [0.1, 0.15) is 64.7 Å². The summed E-state index contributed by atoms with van der Waals surface area (Å²) >= 11 is 0. The van der Waals surface area contributed by atoms with Gasteiger partial charge in [0.1, 0.15) is 0 Å². The molecule has 96 valence electrons. The first-order chi connectivity index (χ1) is 7.93. The zero-order valence-electron chi connectivity index (χ0n) is 11.1. The summed E-state index contributed by atoms with van der Waals surface area (Å²) in [6.45, 7) is 7.23. The van der Waals surface area contributed by atoms with Crippen molar-refractivity contribution in [1.29, 1.82) is 0 Å². The van der Waals surface area contributed by atoms with Gasteiger partial charge in [-0.2, -0.15) is 0 Å². The largest absolute Gasteiger partial charge is 0.304 e. The Hall–Kier alpha value is -0.0800. The van der Waals surface area contributed by atoms with E-state index in [1.165, 1.54) is 77.4 Å². The maximum atomic E-state index is 3.56. The number of nitrogens with one attached hydrogen (secondary N) is 1.